The Kier molecular flexibility index (Phi) is 4.72. The van der Waals surface area contributed by atoms with E-state index < -0.39 is 29.7 Å². The van der Waals surface area contributed by atoms with Crippen LogP contribution < -0.4 is 20.3 Å². The van der Waals surface area contributed by atoms with Crippen molar-refractivity contribution in [3.63, 3.8) is 0 Å². The Bertz CT molecular complexity index is 933. The van der Waals surface area contributed by atoms with E-state index in [2.05, 4.69) is 0 Å². The van der Waals surface area contributed by atoms with E-state index in [1.165, 1.54) is 55.6 Å². The third kappa shape index (κ3) is 3.13. The molecule has 2 N–H and O–H groups in total. The Morgan fingerprint density at radius 3 is 2.39 bits per heavy atom. The van der Waals surface area contributed by atoms with Gasteiger partial charge >= 0.3 is 12.2 Å². The fraction of sp³-hybridized carbons (Fsp3) is 0.167. The van der Waals surface area contributed by atoms with Crippen molar-refractivity contribution < 1.29 is 32.3 Å². The molecule has 1 aliphatic rings. The molecule has 28 heavy (non-hydrogen) atoms. The second-order valence-corrected chi connectivity index (χ2v) is 5.84. The third-order valence-corrected chi connectivity index (χ3v) is 4.09. The van der Waals surface area contributed by atoms with E-state index in [-0.39, 0.29) is 17.0 Å². The summed E-state index contributed by atoms with van der Waals surface area (Å²) in [6.07, 6.45) is -5.29. The molecular formula is C18H14F3N3O4. The molecule has 1 heterocycles. The number of hydrogen-bond donors (Lipinski definition) is 2. The van der Waals surface area contributed by atoms with Crippen LogP contribution in [0.1, 0.15) is 10.4 Å². The summed E-state index contributed by atoms with van der Waals surface area (Å²) in [5.74, 6) is -2.63. The molecule has 0 bridgehead atoms. The molecule has 1 fully saturated rings. The van der Waals surface area contributed by atoms with Gasteiger partial charge in [-0.15, -0.1) is 0 Å². The summed E-state index contributed by atoms with van der Waals surface area (Å²) >= 11 is 0. The molecule has 0 aliphatic carbocycles. The fourth-order valence-electron chi connectivity index (χ4n) is 2.70. The van der Waals surface area contributed by atoms with E-state index in [9.17, 15) is 27.6 Å². The maximum Gasteiger partial charge on any atom is 0.440 e. The van der Waals surface area contributed by atoms with Crippen LogP contribution in [0.5, 0.6) is 5.75 Å². The minimum Gasteiger partial charge on any atom is -0.497 e. The molecule has 1 aliphatic heterocycles. The Morgan fingerprint density at radius 2 is 1.79 bits per heavy atom. The van der Waals surface area contributed by atoms with Gasteiger partial charge in [0, 0.05) is 5.56 Å². The molecule has 3 rings (SSSR count). The van der Waals surface area contributed by atoms with Crippen molar-refractivity contribution in [2.24, 2.45) is 0 Å². The number of alkyl halides is 3. The molecule has 4 amide bonds. The van der Waals surface area contributed by atoms with Crippen LogP contribution in [0.2, 0.25) is 0 Å². The van der Waals surface area contributed by atoms with Gasteiger partial charge in [-0.25, -0.2) is 9.69 Å². The quantitative estimate of drug-likeness (QED) is 0.782. The molecule has 10 heteroatoms. The molecule has 1 atom stereocenters. The van der Waals surface area contributed by atoms with E-state index >= 15 is 0 Å². The first-order chi connectivity index (χ1) is 13.2. The maximum absolute atomic E-state index is 13.8. The third-order valence-electron chi connectivity index (χ3n) is 4.09. The predicted molar refractivity (Wildman–Crippen MR) is 91.7 cm³/mol. The van der Waals surface area contributed by atoms with Gasteiger partial charge in [0.05, 0.1) is 12.8 Å². The maximum atomic E-state index is 13.8. The Morgan fingerprint density at radius 1 is 1.11 bits per heavy atom. The van der Waals surface area contributed by atoms with Crippen molar-refractivity contribution in [3.8, 4) is 5.75 Å². The largest absolute Gasteiger partial charge is 0.497 e. The van der Waals surface area contributed by atoms with Gasteiger partial charge in [0.2, 0.25) is 0 Å². The SMILES string of the molecule is COc1cccc(C(=O)N[C@@]2(C(F)(F)F)NC(=O)N(c3ccccc3)C2=O)c1. The summed E-state index contributed by atoms with van der Waals surface area (Å²) in [6.45, 7) is 0. The summed E-state index contributed by atoms with van der Waals surface area (Å²) in [5.41, 5.74) is -3.84. The Hall–Kier alpha value is -3.56. The summed E-state index contributed by atoms with van der Waals surface area (Å²) in [4.78, 5) is 37.6. The lowest BCUT2D eigenvalue weighted by molar-refractivity contribution is -0.197. The van der Waals surface area contributed by atoms with Crippen LogP contribution in [-0.2, 0) is 4.79 Å². The lowest BCUT2D eigenvalue weighted by atomic mass is 10.1. The van der Waals surface area contributed by atoms with Crippen LogP contribution in [0, 0.1) is 0 Å². The lowest BCUT2D eigenvalue weighted by Gasteiger charge is -2.29. The second-order valence-electron chi connectivity index (χ2n) is 5.84. The number of imide groups is 1. The van der Waals surface area contributed by atoms with Gasteiger partial charge in [-0.3, -0.25) is 14.9 Å². The molecule has 0 spiro atoms. The van der Waals surface area contributed by atoms with Crippen molar-refractivity contribution in [2.45, 2.75) is 11.8 Å². The molecular weight excluding hydrogens is 379 g/mol. The van der Waals surface area contributed by atoms with E-state index in [1.807, 2.05) is 0 Å². The highest BCUT2D eigenvalue weighted by Crippen LogP contribution is 2.36. The van der Waals surface area contributed by atoms with E-state index in [1.54, 1.807) is 16.7 Å². The minimum absolute atomic E-state index is 0.0632. The van der Waals surface area contributed by atoms with Gasteiger partial charge in [-0.1, -0.05) is 24.3 Å². The van der Waals surface area contributed by atoms with Gasteiger partial charge in [0.1, 0.15) is 5.75 Å². The lowest BCUT2D eigenvalue weighted by Crippen LogP contribution is -2.69. The zero-order valence-corrected chi connectivity index (χ0v) is 14.4. The Balaban J connectivity index is 1.99. The zero-order valence-electron chi connectivity index (χ0n) is 14.4. The average molecular weight is 393 g/mol. The number of methoxy groups -OCH3 is 1. The van der Waals surface area contributed by atoms with Gasteiger partial charge in [-0.2, -0.15) is 13.2 Å². The number of halogens is 3. The van der Waals surface area contributed by atoms with Crippen LogP contribution in [-0.4, -0.2) is 36.8 Å². The van der Waals surface area contributed by atoms with Crippen LogP contribution in [0.3, 0.4) is 0 Å². The average Bonchev–Trinajstić information content (AvgIpc) is 2.93. The molecule has 0 unspecified atom stereocenters. The van der Waals surface area contributed by atoms with Gasteiger partial charge < -0.3 is 10.1 Å². The first-order valence-corrected chi connectivity index (χ1v) is 7.94. The first-order valence-electron chi connectivity index (χ1n) is 7.94. The molecule has 0 aromatic heterocycles. The summed E-state index contributed by atoms with van der Waals surface area (Å²) < 4.78 is 46.5. The highest BCUT2D eigenvalue weighted by Gasteiger charge is 2.69. The number of carbonyl (C=O) groups is 3. The van der Waals surface area contributed by atoms with Crippen LogP contribution in [0.4, 0.5) is 23.7 Å². The molecule has 146 valence electrons. The highest BCUT2D eigenvalue weighted by molar-refractivity contribution is 6.24. The monoisotopic (exact) mass is 393 g/mol. The number of para-hydroxylation sites is 1. The van der Waals surface area contributed by atoms with E-state index in [0.717, 1.165) is 0 Å². The zero-order chi connectivity index (χ0) is 20.5. The number of rotatable bonds is 4. The number of urea groups is 1. The predicted octanol–water partition coefficient (Wildman–Crippen LogP) is 2.44. The van der Waals surface area contributed by atoms with Crippen molar-refractivity contribution in [1.29, 1.82) is 0 Å². The summed E-state index contributed by atoms with van der Waals surface area (Å²) in [6, 6.07) is 11.1. The second kappa shape index (κ2) is 6.87. The summed E-state index contributed by atoms with van der Waals surface area (Å²) in [5, 5.41) is 3.22. The van der Waals surface area contributed by atoms with Crippen molar-refractivity contribution in [1.82, 2.24) is 10.6 Å². The van der Waals surface area contributed by atoms with Gasteiger partial charge in [0.25, 0.3) is 17.5 Å². The fourth-order valence-corrected chi connectivity index (χ4v) is 2.70. The van der Waals surface area contributed by atoms with Crippen LogP contribution in [0.15, 0.2) is 54.6 Å². The number of nitrogens with one attached hydrogen (secondary N) is 2. The van der Waals surface area contributed by atoms with Crippen molar-refractivity contribution in [2.75, 3.05) is 12.0 Å². The summed E-state index contributed by atoms with van der Waals surface area (Å²) in [7, 11) is 1.33. The van der Waals surface area contributed by atoms with Crippen LogP contribution in [0.25, 0.3) is 0 Å². The number of anilines is 1. The molecule has 2 aromatic rings. The standard InChI is InChI=1S/C18H14F3N3O4/c1-28-13-9-5-6-11(10-13)14(25)22-17(18(19,20)21)15(26)24(16(27)23-17)12-7-3-2-4-8-12/h2-10H,1H3,(H,22,25)(H,23,27)/t17-/m1/s1. The number of amides is 4. The van der Waals surface area contributed by atoms with Crippen LogP contribution >= 0.6 is 0 Å². The number of hydrogen-bond acceptors (Lipinski definition) is 4. The molecule has 7 nitrogen and oxygen atoms in total. The minimum atomic E-state index is -5.29. The van der Waals surface area contributed by atoms with Gasteiger partial charge in [-0.05, 0) is 30.3 Å². The number of benzene rings is 2. The van der Waals surface area contributed by atoms with Gasteiger partial charge in [0.15, 0.2) is 0 Å². The number of ether oxygens (including phenoxy) is 1. The Labute approximate surface area is 157 Å². The molecule has 1 saturated heterocycles. The van der Waals surface area contributed by atoms with E-state index in [4.69, 9.17) is 4.74 Å². The number of carbonyl (C=O) groups excluding carboxylic acids is 3. The molecule has 0 saturated carbocycles. The topological polar surface area (TPSA) is 87.7 Å². The van der Waals surface area contributed by atoms with Crippen molar-refractivity contribution in [3.05, 3.63) is 60.2 Å². The highest BCUT2D eigenvalue weighted by atomic mass is 19.4. The molecule has 2 aromatic carbocycles. The number of nitrogens with zero attached hydrogens (tertiary/aromatic N) is 1. The van der Waals surface area contributed by atoms with E-state index in [0.29, 0.717) is 4.90 Å². The molecule has 0 radical (unpaired) electrons. The first kappa shape index (κ1) is 19.2. The van der Waals surface area contributed by atoms with Crippen molar-refractivity contribution >= 4 is 23.5 Å². The normalized spacial score (nSPS) is 19.4. The smallest absolute Gasteiger partial charge is 0.440 e.